The van der Waals surface area contributed by atoms with E-state index in [0.29, 0.717) is 32.2 Å². The molecule has 0 spiro atoms. The molecule has 0 saturated carbocycles. The van der Waals surface area contributed by atoms with Gasteiger partial charge in [0, 0.05) is 44.2 Å². The largest absolute Gasteiger partial charge is 0.491 e. The average Bonchev–Trinajstić information content (AvgIpc) is 2.55. The molecule has 0 aromatic heterocycles. The Morgan fingerprint density at radius 1 is 1.36 bits per heavy atom. The van der Waals surface area contributed by atoms with Gasteiger partial charge in [0.2, 0.25) is 5.91 Å². The van der Waals surface area contributed by atoms with Crippen molar-refractivity contribution in [3.63, 3.8) is 0 Å². The maximum absolute atomic E-state index is 11.9. The lowest BCUT2D eigenvalue weighted by Gasteiger charge is -2.22. The second-order valence-electron chi connectivity index (χ2n) is 5.19. The zero-order valence-electron chi connectivity index (χ0n) is 13.0. The van der Waals surface area contributed by atoms with Crippen molar-refractivity contribution in [2.24, 2.45) is 0 Å². The van der Waals surface area contributed by atoms with Crippen LogP contribution >= 0.6 is 11.8 Å². The van der Waals surface area contributed by atoms with Crippen LogP contribution < -0.4 is 15.4 Å². The summed E-state index contributed by atoms with van der Waals surface area (Å²) < 4.78 is 10.4. The molecule has 6 heteroatoms. The maximum atomic E-state index is 11.9. The van der Waals surface area contributed by atoms with E-state index in [1.54, 1.807) is 7.11 Å². The molecule has 0 radical (unpaired) electrons. The van der Waals surface area contributed by atoms with Gasteiger partial charge in [-0.1, -0.05) is 12.1 Å². The van der Waals surface area contributed by atoms with Gasteiger partial charge in [-0.15, -0.1) is 0 Å². The third-order valence-electron chi connectivity index (χ3n) is 3.40. The lowest BCUT2D eigenvalue weighted by molar-refractivity contribution is -0.121. The first-order chi connectivity index (χ1) is 10.8. The SMILES string of the molecule is COCCOc1ccc(CNC(=O)CC2CSCCN2)cc1. The van der Waals surface area contributed by atoms with Crippen molar-refractivity contribution in [3.05, 3.63) is 29.8 Å². The molecule has 1 aromatic carbocycles. The summed E-state index contributed by atoms with van der Waals surface area (Å²) in [6.45, 7) is 2.66. The Hall–Kier alpha value is -1.24. The zero-order chi connectivity index (χ0) is 15.6. The first kappa shape index (κ1) is 17.1. The summed E-state index contributed by atoms with van der Waals surface area (Å²) in [5.74, 6) is 3.06. The van der Waals surface area contributed by atoms with Crippen LogP contribution in [0.5, 0.6) is 5.75 Å². The van der Waals surface area contributed by atoms with Crippen LogP contribution in [0.3, 0.4) is 0 Å². The van der Waals surface area contributed by atoms with Crippen molar-refractivity contribution < 1.29 is 14.3 Å². The van der Waals surface area contributed by atoms with Crippen LogP contribution in [0, 0.1) is 0 Å². The molecule has 5 nitrogen and oxygen atoms in total. The highest BCUT2D eigenvalue weighted by Gasteiger charge is 2.16. The molecule has 0 aliphatic carbocycles. The molecule has 2 N–H and O–H groups in total. The normalized spacial score (nSPS) is 18.0. The minimum atomic E-state index is 0.0976. The summed E-state index contributed by atoms with van der Waals surface area (Å²) >= 11 is 1.90. The van der Waals surface area contributed by atoms with E-state index in [1.165, 1.54) is 0 Å². The van der Waals surface area contributed by atoms with Gasteiger partial charge in [-0.25, -0.2) is 0 Å². The van der Waals surface area contributed by atoms with Crippen LogP contribution in [-0.2, 0) is 16.1 Å². The molecular weight excluding hydrogens is 300 g/mol. The Bertz CT molecular complexity index is 447. The Kier molecular flexibility index (Phi) is 7.56. The zero-order valence-corrected chi connectivity index (χ0v) is 13.8. The van der Waals surface area contributed by atoms with E-state index in [1.807, 2.05) is 36.0 Å². The number of hydrogen-bond acceptors (Lipinski definition) is 5. The summed E-state index contributed by atoms with van der Waals surface area (Å²) in [5.41, 5.74) is 1.07. The summed E-state index contributed by atoms with van der Waals surface area (Å²) in [6.07, 6.45) is 0.547. The molecule has 1 saturated heterocycles. The number of carbonyl (C=O) groups excluding carboxylic acids is 1. The van der Waals surface area contributed by atoms with E-state index in [0.717, 1.165) is 29.4 Å². The summed E-state index contributed by atoms with van der Waals surface area (Å²) in [4.78, 5) is 11.9. The van der Waals surface area contributed by atoms with E-state index >= 15 is 0 Å². The standard InChI is InChI=1S/C16H24N2O3S/c1-20-7-8-21-15-4-2-13(3-5-15)11-18-16(19)10-14-12-22-9-6-17-14/h2-5,14,17H,6-12H2,1H3,(H,18,19). The van der Waals surface area contributed by atoms with Gasteiger partial charge in [-0.3, -0.25) is 4.79 Å². The van der Waals surface area contributed by atoms with E-state index in [9.17, 15) is 4.79 Å². The summed E-state index contributed by atoms with van der Waals surface area (Å²) in [7, 11) is 1.65. The lowest BCUT2D eigenvalue weighted by Crippen LogP contribution is -2.41. The third-order valence-corrected chi connectivity index (χ3v) is 4.53. The van der Waals surface area contributed by atoms with Gasteiger partial charge in [0.05, 0.1) is 6.61 Å². The lowest BCUT2D eigenvalue weighted by atomic mass is 10.2. The number of methoxy groups -OCH3 is 1. The summed E-state index contributed by atoms with van der Waals surface area (Å²) in [6, 6.07) is 8.07. The Labute approximate surface area is 136 Å². The molecule has 0 bridgehead atoms. The highest BCUT2D eigenvalue weighted by Crippen LogP contribution is 2.13. The van der Waals surface area contributed by atoms with Crippen molar-refractivity contribution in [2.45, 2.75) is 19.0 Å². The van der Waals surface area contributed by atoms with Crippen LogP contribution in [0.4, 0.5) is 0 Å². The number of thioether (sulfide) groups is 1. The van der Waals surface area contributed by atoms with Crippen LogP contribution in [0.1, 0.15) is 12.0 Å². The number of nitrogens with one attached hydrogen (secondary N) is 2. The van der Waals surface area contributed by atoms with Gasteiger partial charge in [0.25, 0.3) is 0 Å². The highest BCUT2D eigenvalue weighted by molar-refractivity contribution is 7.99. The molecule has 1 aliphatic rings. The second kappa shape index (κ2) is 9.71. The van der Waals surface area contributed by atoms with Crippen LogP contribution in [0.2, 0.25) is 0 Å². The molecule has 1 heterocycles. The van der Waals surface area contributed by atoms with Crippen LogP contribution in [0.25, 0.3) is 0 Å². The molecule has 1 aliphatic heterocycles. The van der Waals surface area contributed by atoms with Gasteiger partial charge >= 0.3 is 0 Å². The smallest absolute Gasteiger partial charge is 0.221 e. The van der Waals surface area contributed by atoms with Crippen molar-refractivity contribution in [1.29, 1.82) is 0 Å². The van der Waals surface area contributed by atoms with E-state index in [2.05, 4.69) is 10.6 Å². The molecular formula is C16H24N2O3S. The molecule has 1 amide bonds. The highest BCUT2D eigenvalue weighted by atomic mass is 32.2. The fourth-order valence-corrected chi connectivity index (χ4v) is 3.14. The van der Waals surface area contributed by atoms with Crippen molar-refractivity contribution in [1.82, 2.24) is 10.6 Å². The Morgan fingerprint density at radius 3 is 2.86 bits per heavy atom. The fraction of sp³-hybridized carbons (Fsp3) is 0.562. The summed E-state index contributed by atoms with van der Waals surface area (Å²) in [5, 5.41) is 6.34. The number of benzene rings is 1. The predicted octanol–water partition coefficient (Wildman–Crippen LogP) is 1.42. The fourth-order valence-electron chi connectivity index (χ4n) is 2.19. The van der Waals surface area contributed by atoms with E-state index in [4.69, 9.17) is 9.47 Å². The van der Waals surface area contributed by atoms with Gasteiger partial charge in [-0.2, -0.15) is 11.8 Å². The Morgan fingerprint density at radius 2 is 2.18 bits per heavy atom. The van der Waals surface area contributed by atoms with Gasteiger partial charge in [0.1, 0.15) is 12.4 Å². The van der Waals surface area contributed by atoms with Gasteiger partial charge < -0.3 is 20.1 Å². The minimum absolute atomic E-state index is 0.0976. The third kappa shape index (κ3) is 6.25. The molecule has 122 valence electrons. The molecule has 1 aromatic rings. The monoisotopic (exact) mass is 324 g/mol. The maximum Gasteiger partial charge on any atom is 0.221 e. The van der Waals surface area contributed by atoms with Crippen LogP contribution in [-0.4, -0.2) is 50.3 Å². The van der Waals surface area contributed by atoms with Gasteiger partial charge in [0.15, 0.2) is 0 Å². The quantitative estimate of drug-likeness (QED) is 0.708. The topological polar surface area (TPSA) is 59.6 Å². The molecule has 1 atom stereocenters. The predicted molar refractivity (Wildman–Crippen MR) is 89.4 cm³/mol. The first-order valence-electron chi connectivity index (χ1n) is 7.56. The Balaban J connectivity index is 1.68. The van der Waals surface area contributed by atoms with Crippen LogP contribution in [0.15, 0.2) is 24.3 Å². The number of ether oxygens (including phenoxy) is 2. The van der Waals surface area contributed by atoms with E-state index in [-0.39, 0.29) is 5.91 Å². The minimum Gasteiger partial charge on any atom is -0.491 e. The van der Waals surface area contributed by atoms with E-state index < -0.39 is 0 Å². The number of amides is 1. The molecule has 2 rings (SSSR count). The number of rotatable bonds is 8. The average molecular weight is 324 g/mol. The van der Waals surface area contributed by atoms with Crippen molar-refractivity contribution in [2.75, 3.05) is 38.4 Å². The number of hydrogen-bond donors (Lipinski definition) is 2. The molecule has 22 heavy (non-hydrogen) atoms. The second-order valence-corrected chi connectivity index (χ2v) is 6.34. The first-order valence-corrected chi connectivity index (χ1v) is 8.72. The molecule has 1 fully saturated rings. The molecule has 1 unspecified atom stereocenters. The van der Waals surface area contributed by atoms with Crippen molar-refractivity contribution in [3.8, 4) is 5.75 Å². The number of carbonyl (C=O) groups is 1. The van der Waals surface area contributed by atoms with Gasteiger partial charge in [-0.05, 0) is 17.7 Å². The van der Waals surface area contributed by atoms with Crippen molar-refractivity contribution >= 4 is 17.7 Å².